The Bertz CT molecular complexity index is 265. The third kappa shape index (κ3) is 1.09. The van der Waals surface area contributed by atoms with Crippen LogP contribution in [0.3, 0.4) is 0 Å². The molecule has 0 aromatic carbocycles. The third-order valence-corrected chi connectivity index (χ3v) is 5.86. The molecule has 0 aliphatic carbocycles. The first-order valence-electron chi connectivity index (χ1n) is 4.59. The first-order chi connectivity index (χ1) is 5.66. The van der Waals surface area contributed by atoms with Gasteiger partial charge in [0.2, 0.25) is 0 Å². The minimum absolute atomic E-state index is 0.370. The van der Waals surface area contributed by atoms with Gasteiger partial charge in [-0.1, -0.05) is 6.42 Å². The summed E-state index contributed by atoms with van der Waals surface area (Å²) in [4.78, 5) is 0. The highest BCUT2D eigenvalue weighted by molar-refractivity contribution is 7.92. The topological polar surface area (TPSA) is 46.2 Å². The van der Waals surface area contributed by atoms with Crippen molar-refractivity contribution in [2.24, 2.45) is 0 Å². The van der Waals surface area contributed by atoms with Crippen molar-refractivity contribution in [2.75, 3.05) is 18.8 Å². The number of sulfone groups is 1. The molecule has 2 fully saturated rings. The highest BCUT2D eigenvalue weighted by Crippen LogP contribution is 2.35. The van der Waals surface area contributed by atoms with Crippen LogP contribution >= 0.6 is 0 Å². The SMILES string of the molecule is O=S1(=O)CCCC[C@]12CCNC2. The fourth-order valence-corrected chi connectivity index (χ4v) is 4.52. The van der Waals surface area contributed by atoms with Crippen molar-refractivity contribution in [1.29, 1.82) is 0 Å². The van der Waals surface area contributed by atoms with Gasteiger partial charge in [0.05, 0.1) is 10.5 Å². The molecular weight excluding hydrogens is 174 g/mol. The van der Waals surface area contributed by atoms with Gasteiger partial charge in [-0.3, -0.25) is 0 Å². The number of hydrogen-bond acceptors (Lipinski definition) is 3. The lowest BCUT2D eigenvalue weighted by atomic mass is 10.00. The van der Waals surface area contributed by atoms with Crippen LogP contribution in [-0.4, -0.2) is 32.0 Å². The van der Waals surface area contributed by atoms with Crippen LogP contribution in [0.15, 0.2) is 0 Å². The Morgan fingerprint density at radius 2 is 2.00 bits per heavy atom. The molecule has 0 amide bonds. The van der Waals surface area contributed by atoms with Crippen molar-refractivity contribution >= 4 is 9.84 Å². The lowest BCUT2D eigenvalue weighted by molar-refractivity contribution is 0.463. The predicted molar refractivity (Wildman–Crippen MR) is 47.9 cm³/mol. The van der Waals surface area contributed by atoms with E-state index in [-0.39, 0.29) is 4.75 Å². The smallest absolute Gasteiger partial charge is 0.157 e. The number of nitrogens with one attached hydrogen (secondary N) is 1. The maximum Gasteiger partial charge on any atom is 0.157 e. The minimum atomic E-state index is -2.79. The van der Waals surface area contributed by atoms with Gasteiger partial charge in [0.15, 0.2) is 9.84 Å². The normalized spacial score (nSPS) is 40.3. The molecule has 0 saturated carbocycles. The molecule has 0 radical (unpaired) electrons. The molecule has 12 heavy (non-hydrogen) atoms. The van der Waals surface area contributed by atoms with E-state index in [9.17, 15) is 8.42 Å². The van der Waals surface area contributed by atoms with E-state index in [0.717, 1.165) is 32.2 Å². The molecule has 1 spiro atoms. The van der Waals surface area contributed by atoms with Gasteiger partial charge in [-0.2, -0.15) is 0 Å². The van der Waals surface area contributed by atoms with E-state index in [0.29, 0.717) is 12.3 Å². The molecule has 70 valence electrons. The summed E-state index contributed by atoms with van der Waals surface area (Å²) in [6.45, 7) is 1.56. The van der Waals surface area contributed by atoms with Crippen molar-refractivity contribution in [1.82, 2.24) is 5.32 Å². The molecule has 1 N–H and O–H groups in total. The molecule has 2 aliphatic rings. The molecule has 2 heterocycles. The average molecular weight is 189 g/mol. The lowest BCUT2D eigenvalue weighted by Gasteiger charge is -2.31. The standard InChI is InChI=1S/C8H15NO2S/c10-12(11)6-2-1-3-8(12)4-5-9-7-8/h9H,1-7H2/t8-/m1/s1. The summed E-state index contributed by atoms with van der Waals surface area (Å²) in [6.07, 6.45) is 3.66. The Morgan fingerprint density at radius 1 is 1.17 bits per heavy atom. The van der Waals surface area contributed by atoms with Gasteiger partial charge in [0, 0.05) is 6.54 Å². The second-order valence-corrected chi connectivity index (χ2v) is 6.39. The highest BCUT2D eigenvalue weighted by Gasteiger charge is 2.46. The van der Waals surface area contributed by atoms with Crippen molar-refractivity contribution < 1.29 is 8.42 Å². The van der Waals surface area contributed by atoms with Gasteiger partial charge in [-0.05, 0) is 25.8 Å². The van der Waals surface area contributed by atoms with Crippen molar-refractivity contribution in [2.45, 2.75) is 30.4 Å². The van der Waals surface area contributed by atoms with E-state index < -0.39 is 9.84 Å². The molecule has 2 rings (SSSR count). The Balaban J connectivity index is 2.32. The average Bonchev–Trinajstić information content (AvgIpc) is 2.46. The Hall–Kier alpha value is -0.0900. The second-order valence-electron chi connectivity index (χ2n) is 3.89. The van der Waals surface area contributed by atoms with Gasteiger partial charge in [-0.25, -0.2) is 8.42 Å². The van der Waals surface area contributed by atoms with Gasteiger partial charge in [0.1, 0.15) is 0 Å². The maximum atomic E-state index is 11.8. The summed E-state index contributed by atoms with van der Waals surface area (Å²) in [5.74, 6) is 0.411. The minimum Gasteiger partial charge on any atom is -0.315 e. The molecule has 2 aliphatic heterocycles. The van der Waals surface area contributed by atoms with Crippen LogP contribution in [-0.2, 0) is 9.84 Å². The third-order valence-electron chi connectivity index (χ3n) is 3.16. The molecule has 1 atom stereocenters. The Labute approximate surface area is 73.5 Å². The Kier molecular flexibility index (Phi) is 1.92. The van der Waals surface area contributed by atoms with Gasteiger partial charge in [-0.15, -0.1) is 0 Å². The monoisotopic (exact) mass is 189 g/mol. The van der Waals surface area contributed by atoms with E-state index in [1.54, 1.807) is 0 Å². The molecule has 0 aromatic rings. The zero-order chi connectivity index (χ0) is 8.66. The first kappa shape index (κ1) is 8.51. The molecule has 4 heteroatoms. The fraction of sp³-hybridized carbons (Fsp3) is 1.00. The Morgan fingerprint density at radius 3 is 2.58 bits per heavy atom. The van der Waals surface area contributed by atoms with Crippen molar-refractivity contribution in [3.63, 3.8) is 0 Å². The van der Waals surface area contributed by atoms with Gasteiger partial charge < -0.3 is 5.32 Å². The van der Waals surface area contributed by atoms with Crippen LogP contribution in [0.1, 0.15) is 25.7 Å². The van der Waals surface area contributed by atoms with E-state index >= 15 is 0 Å². The largest absolute Gasteiger partial charge is 0.315 e. The van der Waals surface area contributed by atoms with Crippen molar-refractivity contribution in [3.05, 3.63) is 0 Å². The summed E-state index contributed by atoms with van der Waals surface area (Å²) in [6, 6.07) is 0. The second kappa shape index (κ2) is 2.70. The summed E-state index contributed by atoms with van der Waals surface area (Å²) in [5.41, 5.74) is 0. The zero-order valence-corrected chi connectivity index (χ0v) is 7.99. The lowest BCUT2D eigenvalue weighted by Crippen LogP contribution is -2.44. The van der Waals surface area contributed by atoms with Crippen LogP contribution < -0.4 is 5.32 Å². The first-order valence-corrected chi connectivity index (χ1v) is 6.25. The van der Waals surface area contributed by atoms with Gasteiger partial charge >= 0.3 is 0 Å². The molecule has 3 nitrogen and oxygen atoms in total. The van der Waals surface area contributed by atoms with Crippen LogP contribution in [0.2, 0.25) is 0 Å². The molecule has 0 aromatic heterocycles. The van der Waals surface area contributed by atoms with E-state index in [2.05, 4.69) is 5.32 Å². The summed E-state index contributed by atoms with van der Waals surface area (Å²) >= 11 is 0. The summed E-state index contributed by atoms with van der Waals surface area (Å²) < 4.78 is 23.2. The highest BCUT2D eigenvalue weighted by atomic mass is 32.2. The van der Waals surface area contributed by atoms with Gasteiger partial charge in [0.25, 0.3) is 0 Å². The predicted octanol–water partition coefficient (Wildman–Crippen LogP) is 0.317. The quantitative estimate of drug-likeness (QED) is 0.597. The maximum absolute atomic E-state index is 11.8. The van der Waals surface area contributed by atoms with E-state index in [4.69, 9.17) is 0 Å². The number of hydrogen-bond donors (Lipinski definition) is 1. The number of rotatable bonds is 0. The molecule has 0 bridgehead atoms. The van der Waals surface area contributed by atoms with Crippen LogP contribution in [0, 0.1) is 0 Å². The molecule has 0 unspecified atom stereocenters. The zero-order valence-electron chi connectivity index (χ0n) is 7.17. The van der Waals surface area contributed by atoms with Crippen LogP contribution in [0.25, 0.3) is 0 Å². The molecule has 2 saturated heterocycles. The molecular formula is C8H15NO2S. The van der Waals surface area contributed by atoms with Crippen LogP contribution in [0.4, 0.5) is 0 Å². The van der Waals surface area contributed by atoms with Crippen LogP contribution in [0.5, 0.6) is 0 Å². The van der Waals surface area contributed by atoms with E-state index in [1.165, 1.54) is 0 Å². The summed E-state index contributed by atoms with van der Waals surface area (Å²) in [7, 11) is -2.79. The van der Waals surface area contributed by atoms with E-state index in [1.807, 2.05) is 0 Å². The van der Waals surface area contributed by atoms with Crippen molar-refractivity contribution in [3.8, 4) is 0 Å². The summed E-state index contributed by atoms with van der Waals surface area (Å²) in [5, 5.41) is 3.16. The fourth-order valence-electron chi connectivity index (χ4n) is 2.31.